The first-order valence-electron chi connectivity index (χ1n) is 12.4. The van der Waals surface area contributed by atoms with Crippen molar-refractivity contribution in [2.45, 2.75) is 65.0 Å². The molecule has 0 aromatic heterocycles. The standard InChI is InChI=1S/C26H39N3O5/c1-6-7-24(30)27-20-10-11-22-21(13-20)26(32)28(4)15-23(33-5)17(2)14-29(18(3)16-34-22)25(31)12-19-8-9-19/h10-11,13,17-19,23H,6-9,12,14-16H2,1-5H3,(H,27,30)/t17-,18+,23+/m0/s1. The van der Waals surface area contributed by atoms with E-state index < -0.39 is 0 Å². The Kier molecular flexibility index (Phi) is 8.94. The Labute approximate surface area is 202 Å². The number of fused-ring (bicyclic) bond motifs is 1. The third-order valence-electron chi connectivity index (χ3n) is 6.69. The van der Waals surface area contributed by atoms with Crippen molar-refractivity contribution in [3.8, 4) is 5.75 Å². The minimum absolute atomic E-state index is 0.0319. The molecule has 1 heterocycles. The van der Waals surface area contributed by atoms with Crippen LogP contribution in [-0.2, 0) is 14.3 Å². The molecule has 34 heavy (non-hydrogen) atoms. The average Bonchev–Trinajstić information content (AvgIpc) is 3.62. The number of methoxy groups -OCH3 is 1. The van der Waals surface area contributed by atoms with Gasteiger partial charge in [0.25, 0.3) is 5.91 Å². The van der Waals surface area contributed by atoms with Gasteiger partial charge in [-0.05, 0) is 50.3 Å². The second-order valence-corrected chi connectivity index (χ2v) is 9.80. The van der Waals surface area contributed by atoms with Crippen molar-refractivity contribution in [2.75, 3.05) is 39.2 Å². The zero-order valence-electron chi connectivity index (χ0n) is 21.1. The van der Waals surface area contributed by atoms with Gasteiger partial charge in [-0.25, -0.2) is 0 Å². The molecular formula is C26H39N3O5. The molecule has 1 aromatic carbocycles. The Hall–Kier alpha value is -2.61. The summed E-state index contributed by atoms with van der Waals surface area (Å²) < 4.78 is 11.9. The molecule has 0 bridgehead atoms. The summed E-state index contributed by atoms with van der Waals surface area (Å²) in [5, 5.41) is 2.85. The smallest absolute Gasteiger partial charge is 0.257 e. The van der Waals surface area contributed by atoms with Crippen LogP contribution in [-0.4, -0.2) is 73.5 Å². The van der Waals surface area contributed by atoms with E-state index in [0.29, 0.717) is 48.8 Å². The third kappa shape index (κ3) is 6.72. The number of anilines is 1. The van der Waals surface area contributed by atoms with Crippen LogP contribution in [0.25, 0.3) is 0 Å². The van der Waals surface area contributed by atoms with Crippen molar-refractivity contribution in [3.05, 3.63) is 23.8 Å². The van der Waals surface area contributed by atoms with E-state index in [0.717, 1.165) is 19.3 Å². The number of benzene rings is 1. The Morgan fingerprint density at radius 2 is 1.94 bits per heavy atom. The number of nitrogens with one attached hydrogen (secondary N) is 1. The van der Waals surface area contributed by atoms with Crippen LogP contribution in [0.4, 0.5) is 5.69 Å². The van der Waals surface area contributed by atoms with E-state index in [1.807, 2.05) is 18.7 Å². The van der Waals surface area contributed by atoms with Crippen LogP contribution in [0.3, 0.4) is 0 Å². The number of nitrogens with zero attached hydrogens (tertiary/aromatic N) is 2. The molecule has 1 aromatic rings. The molecule has 8 heteroatoms. The zero-order chi connectivity index (χ0) is 24.8. The molecule has 3 rings (SSSR count). The minimum Gasteiger partial charge on any atom is -0.491 e. The van der Waals surface area contributed by atoms with E-state index in [2.05, 4.69) is 12.2 Å². The van der Waals surface area contributed by atoms with Gasteiger partial charge in [0.2, 0.25) is 11.8 Å². The summed E-state index contributed by atoms with van der Waals surface area (Å²) in [6.07, 6.45) is 3.75. The molecule has 1 aliphatic heterocycles. The van der Waals surface area contributed by atoms with E-state index >= 15 is 0 Å². The molecule has 0 saturated heterocycles. The van der Waals surface area contributed by atoms with E-state index in [-0.39, 0.29) is 42.4 Å². The number of carbonyl (C=O) groups is 3. The molecule has 3 amide bonds. The first kappa shape index (κ1) is 26.0. The molecule has 2 aliphatic rings. The number of hydrogen-bond acceptors (Lipinski definition) is 5. The quantitative estimate of drug-likeness (QED) is 0.683. The summed E-state index contributed by atoms with van der Waals surface area (Å²) in [7, 11) is 3.38. The fraction of sp³-hybridized carbons (Fsp3) is 0.654. The molecule has 8 nitrogen and oxygen atoms in total. The Morgan fingerprint density at radius 3 is 2.59 bits per heavy atom. The van der Waals surface area contributed by atoms with E-state index in [4.69, 9.17) is 9.47 Å². The lowest BCUT2D eigenvalue weighted by atomic mass is 10.0. The minimum atomic E-state index is -0.228. The van der Waals surface area contributed by atoms with Gasteiger partial charge in [-0.2, -0.15) is 0 Å². The maximum atomic E-state index is 13.4. The fourth-order valence-corrected chi connectivity index (χ4v) is 4.34. The van der Waals surface area contributed by atoms with Crippen molar-refractivity contribution in [3.63, 3.8) is 0 Å². The van der Waals surface area contributed by atoms with Crippen LogP contribution >= 0.6 is 0 Å². The molecule has 1 saturated carbocycles. The maximum Gasteiger partial charge on any atom is 0.257 e. The van der Waals surface area contributed by atoms with Crippen LogP contribution in [0.15, 0.2) is 18.2 Å². The van der Waals surface area contributed by atoms with Gasteiger partial charge in [0, 0.05) is 51.7 Å². The summed E-state index contributed by atoms with van der Waals surface area (Å²) in [6.45, 7) is 7.17. The highest BCUT2D eigenvalue weighted by Gasteiger charge is 2.33. The molecule has 1 N–H and O–H groups in total. The van der Waals surface area contributed by atoms with Gasteiger partial charge in [0.05, 0.1) is 17.7 Å². The van der Waals surface area contributed by atoms with Gasteiger partial charge >= 0.3 is 0 Å². The predicted octanol–water partition coefficient (Wildman–Crippen LogP) is 3.56. The predicted molar refractivity (Wildman–Crippen MR) is 131 cm³/mol. The summed E-state index contributed by atoms with van der Waals surface area (Å²) in [5.74, 6) is 0.825. The van der Waals surface area contributed by atoms with Crippen LogP contribution in [0, 0.1) is 11.8 Å². The van der Waals surface area contributed by atoms with Crippen LogP contribution in [0.1, 0.15) is 63.2 Å². The van der Waals surface area contributed by atoms with E-state index in [1.54, 1.807) is 37.3 Å². The first-order chi connectivity index (χ1) is 16.2. The van der Waals surface area contributed by atoms with Crippen molar-refractivity contribution < 1.29 is 23.9 Å². The zero-order valence-corrected chi connectivity index (χ0v) is 21.1. The third-order valence-corrected chi connectivity index (χ3v) is 6.69. The lowest BCUT2D eigenvalue weighted by Gasteiger charge is -2.36. The van der Waals surface area contributed by atoms with E-state index in [1.165, 1.54) is 0 Å². The second kappa shape index (κ2) is 11.7. The van der Waals surface area contributed by atoms with Gasteiger partial charge in [-0.15, -0.1) is 0 Å². The van der Waals surface area contributed by atoms with Crippen molar-refractivity contribution in [1.82, 2.24) is 9.80 Å². The average molecular weight is 474 g/mol. The summed E-state index contributed by atoms with van der Waals surface area (Å²) in [4.78, 5) is 42.1. The molecular weight excluding hydrogens is 434 g/mol. The lowest BCUT2D eigenvalue weighted by Crippen LogP contribution is -2.48. The van der Waals surface area contributed by atoms with Crippen molar-refractivity contribution in [1.29, 1.82) is 0 Å². The van der Waals surface area contributed by atoms with Gasteiger partial charge in [0.15, 0.2) is 0 Å². The molecule has 1 fully saturated rings. The van der Waals surface area contributed by atoms with Gasteiger partial charge in [-0.3, -0.25) is 14.4 Å². The monoisotopic (exact) mass is 473 g/mol. The van der Waals surface area contributed by atoms with Gasteiger partial charge < -0.3 is 24.6 Å². The van der Waals surface area contributed by atoms with Gasteiger partial charge in [-0.1, -0.05) is 13.8 Å². The highest BCUT2D eigenvalue weighted by Crippen LogP contribution is 2.33. The maximum absolute atomic E-state index is 13.4. The highest BCUT2D eigenvalue weighted by molar-refractivity contribution is 5.99. The second-order valence-electron chi connectivity index (χ2n) is 9.80. The fourth-order valence-electron chi connectivity index (χ4n) is 4.34. The first-order valence-corrected chi connectivity index (χ1v) is 12.4. The molecule has 0 spiro atoms. The van der Waals surface area contributed by atoms with Crippen LogP contribution in [0.2, 0.25) is 0 Å². The number of likely N-dealkylation sites (N-methyl/N-ethyl adjacent to an activating group) is 1. The summed E-state index contributed by atoms with van der Waals surface area (Å²) in [6, 6.07) is 4.97. The van der Waals surface area contributed by atoms with Crippen molar-refractivity contribution >= 4 is 23.4 Å². The van der Waals surface area contributed by atoms with Crippen LogP contribution < -0.4 is 10.1 Å². The number of rotatable bonds is 6. The molecule has 0 unspecified atom stereocenters. The Morgan fingerprint density at radius 1 is 1.21 bits per heavy atom. The summed E-state index contributed by atoms with van der Waals surface area (Å²) >= 11 is 0. The highest BCUT2D eigenvalue weighted by atomic mass is 16.5. The number of carbonyl (C=O) groups excluding carboxylic acids is 3. The number of amides is 3. The lowest BCUT2D eigenvalue weighted by molar-refractivity contribution is -0.135. The van der Waals surface area contributed by atoms with E-state index in [9.17, 15) is 14.4 Å². The molecule has 188 valence electrons. The SMILES string of the molecule is CCCC(=O)Nc1ccc2c(c1)C(=O)N(C)C[C@@H](OC)[C@@H](C)CN(C(=O)CC1CC1)[C@H](C)CO2. The largest absolute Gasteiger partial charge is 0.491 e. The Bertz CT molecular complexity index is 885. The molecule has 1 aliphatic carbocycles. The van der Waals surface area contributed by atoms with Crippen LogP contribution in [0.5, 0.6) is 5.75 Å². The molecule has 3 atom stereocenters. The van der Waals surface area contributed by atoms with Crippen molar-refractivity contribution in [2.24, 2.45) is 11.8 Å². The Balaban J connectivity index is 1.90. The summed E-state index contributed by atoms with van der Waals surface area (Å²) in [5.41, 5.74) is 0.934. The normalized spacial score (nSPS) is 23.9. The topological polar surface area (TPSA) is 88.2 Å². The number of ether oxygens (including phenoxy) is 2. The number of hydrogen-bond donors (Lipinski definition) is 1. The van der Waals surface area contributed by atoms with Gasteiger partial charge in [0.1, 0.15) is 12.4 Å². The molecule has 0 radical (unpaired) electrons.